The van der Waals surface area contributed by atoms with E-state index < -0.39 is 27.5 Å². The van der Waals surface area contributed by atoms with E-state index in [1.165, 1.54) is 43.6 Å². The second kappa shape index (κ2) is 8.09. The number of methoxy groups -OCH3 is 1. The molecule has 2 rings (SSSR count). The van der Waals surface area contributed by atoms with Crippen LogP contribution in [-0.2, 0) is 20.6 Å². The largest absolute Gasteiger partial charge is 0.494 e. The van der Waals surface area contributed by atoms with Gasteiger partial charge in [0.15, 0.2) is 11.6 Å². The van der Waals surface area contributed by atoms with E-state index >= 15 is 0 Å². The standard InChI is InChI=1S/C16H14ClFN2O4S/c1-24-14-5-2-11(8-13(14)18)4-7-16(21)20-25(22,23)10-12-3-6-15(17)19-9-12/h2-9H,10H2,1H3,(H,20,21)/b7-4-. The van der Waals surface area contributed by atoms with Crippen molar-refractivity contribution in [2.75, 3.05) is 7.11 Å². The molecule has 6 nitrogen and oxygen atoms in total. The lowest BCUT2D eigenvalue weighted by Gasteiger charge is -2.05. The highest BCUT2D eigenvalue weighted by Gasteiger charge is 2.14. The number of rotatable bonds is 6. The number of carbonyl (C=O) groups is 1. The Morgan fingerprint density at radius 1 is 1.36 bits per heavy atom. The maximum atomic E-state index is 13.5. The molecule has 0 unspecified atom stereocenters. The molecule has 9 heteroatoms. The number of carbonyl (C=O) groups excluding carboxylic acids is 1. The second-order valence-electron chi connectivity index (χ2n) is 4.94. The van der Waals surface area contributed by atoms with Crippen LogP contribution in [-0.4, -0.2) is 26.4 Å². The molecule has 0 saturated heterocycles. The molecule has 0 fully saturated rings. The Balaban J connectivity index is 2.00. The van der Waals surface area contributed by atoms with Crippen LogP contribution < -0.4 is 9.46 Å². The smallest absolute Gasteiger partial charge is 0.257 e. The zero-order valence-electron chi connectivity index (χ0n) is 13.1. The number of benzene rings is 1. The number of pyridine rings is 1. The number of ether oxygens (including phenoxy) is 1. The molecule has 132 valence electrons. The first-order valence-electron chi connectivity index (χ1n) is 6.95. The topological polar surface area (TPSA) is 85.4 Å². The molecule has 0 bridgehead atoms. The van der Waals surface area contributed by atoms with Crippen molar-refractivity contribution in [3.8, 4) is 5.75 Å². The van der Waals surface area contributed by atoms with Crippen LogP contribution in [0, 0.1) is 5.82 Å². The van der Waals surface area contributed by atoms with Crippen molar-refractivity contribution in [1.29, 1.82) is 0 Å². The first-order valence-corrected chi connectivity index (χ1v) is 8.98. The molecule has 1 aromatic heterocycles. The van der Waals surface area contributed by atoms with Crippen LogP contribution in [0.5, 0.6) is 5.75 Å². The molecule has 2 aromatic rings. The summed E-state index contributed by atoms with van der Waals surface area (Å²) in [6, 6.07) is 7.04. The molecule has 0 aliphatic heterocycles. The van der Waals surface area contributed by atoms with Crippen LogP contribution in [0.15, 0.2) is 42.6 Å². The summed E-state index contributed by atoms with van der Waals surface area (Å²) in [4.78, 5) is 15.5. The molecule has 1 amide bonds. The molecule has 0 aliphatic carbocycles. The van der Waals surface area contributed by atoms with Gasteiger partial charge in [0.05, 0.1) is 12.9 Å². The summed E-state index contributed by atoms with van der Waals surface area (Å²) < 4.78 is 44.1. The van der Waals surface area contributed by atoms with Crippen LogP contribution in [0.1, 0.15) is 11.1 Å². The zero-order valence-corrected chi connectivity index (χ0v) is 14.6. The van der Waals surface area contributed by atoms with E-state index in [9.17, 15) is 17.6 Å². The Kier molecular flexibility index (Phi) is 6.11. The molecule has 0 radical (unpaired) electrons. The van der Waals surface area contributed by atoms with Crippen molar-refractivity contribution < 1.29 is 22.3 Å². The van der Waals surface area contributed by atoms with Crippen molar-refractivity contribution in [3.63, 3.8) is 0 Å². The lowest BCUT2D eigenvalue weighted by atomic mass is 10.2. The molecular weight excluding hydrogens is 371 g/mol. The molecule has 1 heterocycles. The van der Waals surface area contributed by atoms with Crippen molar-refractivity contribution in [3.05, 3.63) is 64.7 Å². The van der Waals surface area contributed by atoms with Gasteiger partial charge in [-0.2, -0.15) is 0 Å². The molecule has 0 atom stereocenters. The molecule has 0 saturated carbocycles. The first kappa shape index (κ1) is 18.9. The quantitative estimate of drug-likeness (QED) is 0.611. The lowest BCUT2D eigenvalue weighted by Crippen LogP contribution is -2.30. The Bertz CT molecular complexity index is 899. The Labute approximate surface area is 149 Å². The van der Waals surface area contributed by atoms with Crippen molar-refractivity contribution in [2.45, 2.75) is 5.75 Å². The first-order chi connectivity index (χ1) is 11.8. The van der Waals surface area contributed by atoms with Gasteiger partial charge >= 0.3 is 0 Å². The van der Waals surface area contributed by atoms with Gasteiger partial charge in [-0.25, -0.2) is 22.5 Å². The lowest BCUT2D eigenvalue weighted by molar-refractivity contribution is -0.114. The number of hydrogen-bond acceptors (Lipinski definition) is 5. The minimum atomic E-state index is -3.90. The molecular formula is C16H14ClFN2O4S. The van der Waals surface area contributed by atoms with E-state index in [1.807, 2.05) is 4.72 Å². The van der Waals surface area contributed by atoms with Crippen LogP contribution in [0.3, 0.4) is 0 Å². The summed E-state index contributed by atoms with van der Waals surface area (Å²) in [6.45, 7) is 0. The minimum Gasteiger partial charge on any atom is -0.494 e. The van der Waals surface area contributed by atoms with E-state index in [0.29, 0.717) is 11.1 Å². The third kappa shape index (κ3) is 5.84. The van der Waals surface area contributed by atoms with Gasteiger partial charge in [0, 0.05) is 12.3 Å². The van der Waals surface area contributed by atoms with Crippen molar-refractivity contribution in [2.24, 2.45) is 0 Å². The third-order valence-corrected chi connectivity index (χ3v) is 4.45. The number of halogens is 2. The van der Waals surface area contributed by atoms with Gasteiger partial charge in [-0.1, -0.05) is 23.7 Å². The van der Waals surface area contributed by atoms with Crippen LogP contribution >= 0.6 is 11.6 Å². The number of sulfonamides is 1. The SMILES string of the molecule is COc1ccc(/C=C\C(=O)NS(=O)(=O)Cc2ccc(Cl)nc2)cc1F. The normalized spacial score (nSPS) is 11.5. The molecule has 25 heavy (non-hydrogen) atoms. The minimum absolute atomic E-state index is 0.0701. The third-order valence-electron chi connectivity index (χ3n) is 3.00. The predicted molar refractivity (Wildman–Crippen MR) is 92.0 cm³/mol. The zero-order chi connectivity index (χ0) is 18.4. The van der Waals surface area contributed by atoms with E-state index in [1.54, 1.807) is 0 Å². The number of nitrogens with zero attached hydrogens (tertiary/aromatic N) is 1. The fraction of sp³-hybridized carbons (Fsp3) is 0.125. The van der Waals surface area contributed by atoms with Gasteiger partial charge in [-0.05, 0) is 35.4 Å². The van der Waals surface area contributed by atoms with E-state index in [4.69, 9.17) is 16.3 Å². The summed E-state index contributed by atoms with van der Waals surface area (Å²) in [5.74, 6) is -1.79. The maximum Gasteiger partial charge on any atom is 0.257 e. The molecule has 1 aromatic carbocycles. The van der Waals surface area contributed by atoms with E-state index in [0.717, 1.165) is 12.1 Å². The molecule has 1 N–H and O–H groups in total. The summed E-state index contributed by atoms with van der Waals surface area (Å²) in [7, 11) is -2.56. The Morgan fingerprint density at radius 2 is 2.12 bits per heavy atom. The average Bonchev–Trinajstić information content (AvgIpc) is 2.54. The van der Waals surface area contributed by atoms with Crippen molar-refractivity contribution >= 4 is 33.6 Å². The predicted octanol–water partition coefficient (Wildman–Crippen LogP) is 2.54. The Hall–Kier alpha value is -2.45. The van der Waals surface area contributed by atoms with Gasteiger partial charge in [0.2, 0.25) is 10.0 Å². The highest BCUT2D eigenvalue weighted by Crippen LogP contribution is 2.18. The summed E-state index contributed by atoms with van der Waals surface area (Å²) in [5, 5.41) is 0.236. The van der Waals surface area contributed by atoms with E-state index in [-0.39, 0.29) is 10.9 Å². The number of amides is 1. The van der Waals surface area contributed by atoms with Gasteiger partial charge in [-0.15, -0.1) is 0 Å². The summed E-state index contributed by atoms with van der Waals surface area (Å²) in [6.07, 6.45) is 3.60. The van der Waals surface area contributed by atoms with Gasteiger partial charge in [0.1, 0.15) is 5.15 Å². The number of hydrogen-bond donors (Lipinski definition) is 1. The highest BCUT2D eigenvalue weighted by molar-refractivity contribution is 7.89. The maximum absolute atomic E-state index is 13.5. The summed E-state index contributed by atoms with van der Waals surface area (Å²) >= 11 is 5.62. The van der Waals surface area contributed by atoms with Gasteiger partial charge in [0.25, 0.3) is 5.91 Å². The molecule has 0 spiro atoms. The highest BCUT2D eigenvalue weighted by atomic mass is 35.5. The molecule has 0 aliphatic rings. The van der Waals surface area contributed by atoms with Gasteiger partial charge in [-0.3, -0.25) is 4.79 Å². The van der Waals surface area contributed by atoms with E-state index in [2.05, 4.69) is 4.98 Å². The summed E-state index contributed by atoms with van der Waals surface area (Å²) in [5.41, 5.74) is 0.763. The van der Waals surface area contributed by atoms with Crippen LogP contribution in [0.4, 0.5) is 4.39 Å². The Morgan fingerprint density at radius 3 is 2.72 bits per heavy atom. The van der Waals surface area contributed by atoms with Crippen LogP contribution in [0.25, 0.3) is 6.08 Å². The van der Waals surface area contributed by atoms with Gasteiger partial charge < -0.3 is 4.74 Å². The number of aromatic nitrogens is 1. The average molecular weight is 385 g/mol. The van der Waals surface area contributed by atoms with Crippen LogP contribution in [0.2, 0.25) is 5.15 Å². The monoisotopic (exact) mass is 384 g/mol. The number of nitrogens with one attached hydrogen (secondary N) is 1. The second-order valence-corrected chi connectivity index (χ2v) is 7.05. The fourth-order valence-corrected chi connectivity index (χ4v) is 3.06. The fourth-order valence-electron chi connectivity index (χ4n) is 1.89. The van der Waals surface area contributed by atoms with Crippen molar-refractivity contribution in [1.82, 2.24) is 9.71 Å².